The Balaban J connectivity index is 1.97. The van der Waals surface area contributed by atoms with Crippen LogP contribution in [-0.4, -0.2) is 42.3 Å². The lowest BCUT2D eigenvalue weighted by Gasteiger charge is -2.41. The topological polar surface area (TPSA) is 104 Å². The minimum absolute atomic E-state index is 0.0409. The van der Waals surface area contributed by atoms with Crippen molar-refractivity contribution in [3.8, 4) is 11.8 Å². The summed E-state index contributed by atoms with van der Waals surface area (Å²) in [6.45, 7) is 1.03. The largest absolute Gasteiger partial charge is 0.494 e. The van der Waals surface area contributed by atoms with Gasteiger partial charge in [0.2, 0.25) is 11.8 Å². The first kappa shape index (κ1) is 29.5. The lowest BCUT2D eigenvalue weighted by molar-refractivity contribution is -0.201. The number of hydrogen-bond acceptors (Lipinski definition) is 5. The minimum atomic E-state index is -4.98. The molecule has 39 heavy (non-hydrogen) atoms. The molecular formula is C26H24F6N4O3. The summed E-state index contributed by atoms with van der Waals surface area (Å²) in [5.41, 5.74) is -2.54. The second kappa shape index (κ2) is 11.8. The second-order valence-electron chi connectivity index (χ2n) is 8.92. The fourth-order valence-electron chi connectivity index (χ4n) is 4.03. The van der Waals surface area contributed by atoms with Gasteiger partial charge in [0.05, 0.1) is 18.4 Å². The number of alkyl halides is 6. The van der Waals surface area contributed by atoms with Crippen molar-refractivity contribution < 1.29 is 40.7 Å². The van der Waals surface area contributed by atoms with Crippen molar-refractivity contribution in [3.63, 3.8) is 0 Å². The number of amides is 2. The Morgan fingerprint density at radius 3 is 2.41 bits per heavy atom. The molecule has 2 amide bonds. The molecule has 7 nitrogen and oxygen atoms in total. The maximum Gasteiger partial charge on any atom is 0.416 e. The fourth-order valence-corrected chi connectivity index (χ4v) is 4.03. The Labute approximate surface area is 219 Å². The molecular weight excluding hydrogens is 530 g/mol. The number of rotatable bonds is 9. The molecule has 1 aromatic carbocycles. The number of aryl methyl sites for hydroxylation is 1. The molecule has 13 heteroatoms. The molecule has 2 heterocycles. The average Bonchev–Trinajstić information content (AvgIpc) is 2.85. The molecule has 3 rings (SSSR count). The first-order valence-corrected chi connectivity index (χ1v) is 11.7. The second-order valence-corrected chi connectivity index (χ2v) is 8.92. The van der Waals surface area contributed by atoms with E-state index in [0.29, 0.717) is 0 Å². The lowest BCUT2D eigenvalue weighted by atomic mass is 9.77. The van der Waals surface area contributed by atoms with E-state index in [2.05, 4.69) is 15.6 Å². The van der Waals surface area contributed by atoms with E-state index < -0.39 is 55.5 Å². The highest BCUT2D eigenvalue weighted by atomic mass is 19.4. The third kappa shape index (κ3) is 7.28. The summed E-state index contributed by atoms with van der Waals surface area (Å²) < 4.78 is 86.3. The average molecular weight is 554 g/mol. The fraction of sp³-hybridized carbons (Fsp3) is 0.385. The predicted octanol–water partition coefficient (Wildman–Crippen LogP) is 4.87. The predicted molar refractivity (Wildman–Crippen MR) is 127 cm³/mol. The zero-order valence-corrected chi connectivity index (χ0v) is 20.7. The summed E-state index contributed by atoms with van der Waals surface area (Å²) in [6.07, 6.45) is -10.5. The van der Waals surface area contributed by atoms with Crippen LogP contribution in [-0.2, 0) is 15.1 Å². The summed E-state index contributed by atoms with van der Waals surface area (Å²) in [5, 5.41) is 13.1. The molecule has 208 valence electrons. The molecule has 0 bridgehead atoms. The number of aromatic nitrogens is 1. The van der Waals surface area contributed by atoms with Gasteiger partial charge in [-0.25, -0.2) is 0 Å². The van der Waals surface area contributed by atoms with Gasteiger partial charge in [-0.05, 0) is 48.2 Å². The standard InChI is InChI=1S/C26H24F6N4O3/c1-16-3-8-21(34-14-16)19-13-24(26(30,31)32,36-23(38)20(19)15-35-22(37)9-11-33)17-4-6-18(7-5-17)39-12-2-10-25(27,28)29/h3-8,14H,2,9-10,12-13,15H2,1H3,(H,35,37)(H,36,38)/t24-/m0/s1. The van der Waals surface area contributed by atoms with E-state index in [4.69, 9.17) is 10.00 Å². The number of halogens is 6. The van der Waals surface area contributed by atoms with E-state index in [9.17, 15) is 35.9 Å². The smallest absolute Gasteiger partial charge is 0.416 e. The van der Waals surface area contributed by atoms with Crippen LogP contribution < -0.4 is 15.4 Å². The van der Waals surface area contributed by atoms with Gasteiger partial charge in [-0.3, -0.25) is 14.6 Å². The van der Waals surface area contributed by atoms with Crippen LogP contribution in [0, 0.1) is 18.3 Å². The van der Waals surface area contributed by atoms with E-state index in [1.165, 1.54) is 24.4 Å². The maximum absolute atomic E-state index is 14.7. The maximum atomic E-state index is 14.7. The van der Waals surface area contributed by atoms with E-state index in [-0.39, 0.29) is 41.2 Å². The van der Waals surface area contributed by atoms with Crippen molar-refractivity contribution in [2.75, 3.05) is 13.2 Å². The van der Waals surface area contributed by atoms with Gasteiger partial charge >= 0.3 is 12.4 Å². The van der Waals surface area contributed by atoms with Gasteiger partial charge < -0.3 is 15.4 Å². The zero-order chi connectivity index (χ0) is 28.8. The SMILES string of the molecule is Cc1ccc(C2=C(CNC(=O)CC#N)C(=O)N[C@@](c3ccc(OCCCC(F)(F)F)cc3)(C(F)(F)F)C2)nc1. The first-order valence-electron chi connectivity index (χ1n) is 11.7. The highest BCUT2D eigenvalue weighted by Gasteiger charge is 2.59. The van der Waals surface area contributed by atoms with E-state index in [1.54, 1.807) is 19.1 Å². The van der Waals surface area contributed by atoms with Crippen molar-refractivity contribution in [2.24, 2.45) is 0 Å². The quantitative estimate of drug-likeness (QED) is 0.340. The molecule has 1 aliphatic heterocycles. The Bertz CT molecular complexity index is 1270. The summed E-state index contributed by atoms with van der Waals surface area (Å²) in [7, 11) is 0. The van der Waals surface area contributed by atoms with Gasteiger partial charge in [-0.2, -0.15) is 31.6 Å². The Hall–Kier alpha value is -4.08. The molecule has 2 N–H and O–H groups in total. The van der Waals surface area contributed by atoms with E-state index in [0.717, 1.165) is 17.7 Å². The van der Waals surface area contributed by atoms with Crippen molar-refractivity contribution in [3.05, 3.63) is 65.0 Å². The third-order valence-corrected chi connectivity index (χ3v) is 6.03. The molecule has 2 aromatic rings. The summed E-state index contributed by atoms with van der Waals surface area (Å²) in [6, 6.07) is 9.29. The zero-order valence-electron chi connectivity index (χ0n) is 20.7. The van der Waals surface area contributed by atoms with Gasteiger partial charge in [0.15, 0.2) is 5.54 Å². The number of benzene rings is 1. The normalized spacial score (nSPS) is 17.8. The highest BCUT2D eigenvalue weighted by molar-refractivity contribution is 6.04. The third-order valence-electron chi connectivity index (χ3n) is 6.03. The van der Waals surface area contributed by atoms with Crippen molar-refractivity contribution in [1.82, 2.24) is 15.6 Å². The molecule has 0 unspecified atom stereocenters. The Morgan fingerprint density at radius 1 is 1.15 bits per heavy atom. The van der Waals surface area contributed by atoms with Gasteiger partial charge in [-0.15, -0.1) is 0 Å². The monoisotopic (exact) mass is 554 g/mol. The van der Waals surface area contributed by atoms with Crippen LogP contribution in [0.25, 0.3) is 5.57 Å². The Kier molecular flexibility index (Phi) is 8.88. The Morgan fingerprint density at radius 2 is 1.85 bits per heavy atom. The number of carbonyl (C=O) groups is 2. The molecule has 0 radical (unpaired) electrons. The van der Waals surface area contributed by atoms with Crippen LogP contribution in [0.1, 0.15) is 42.5 Å². The lowest BCUT2D eigenvalue weighted by Crippen LogP contribution is -2.59. The van der Waals surface area contributed by atoms with Crippen molar-refractivity contribution in [2.45, 2.75) is 50.5 Å². The number of hydrogen-bond donors (Lipinski definition) is 2. The number of nitriles is 1. The van der Waals surface area contributed by atoms with Crippen LogP contribution in [0.5, 0.6) is 5.75 Å². The van der Waals surface area contributed by atoms with Crippen molar-refractivity contribution in [1.29, 1.82) is 5.26 Å². The number of pyridine rings is 1. The van der Waals surface area contributed by atoms with Crippen molar-refractivity contribution >= 4 is 17.4 Å². The summed E-state index contributed by atoms with van der Waals surface area (Å²) in [5.74, 6) is -1.72. The number of ether oxygens (including phenoxy) is 1. The molecule has 1 aromatic heterocycles. The highest BCUT2D eigenvalue weighted by Crippen LogP contribution is 2.48. The van der Waals surface area contributed by atoms with E-state index in [1.807, 2.05) is 0 Å². The van der Waals surface area contributed by atoms with Crippen LogP contribution >= 0.6 is 0 Å². The number of nitrogens with one attached hydrogen (secondary N) is 2. The van der Waals surface area contributed by atoms with Gasteiger partial charge in [0.1, 0.15) is 12.2 Å². The van der Waals surface area contributed by atoms with Gasteiger partial charge in [0, 0.05) is 31.2 Å². The molecule has 0 saturated heterocycles. The van der Waals surface area contributed by atoms with Crippen LogP contribution in [0.3, 0.4) is 0 Å². The van der Waals surface area contributed by atoms with E-state index >= 15 is 0 Å². The van der Waals surface area contributed by atoms with Gasteiger partial charge in [-0.1, -0.05) is 18.2 Å². The summed E-state index contributed by atoms with van der Waals surface area (Å²) in [4.78, 5) is 29.2. The molecule has 0 fully saturated rings. The molecule has 0 saturated carbocycles. The molecule has 1 aliphatic rings. The van der Waals surface area contributed by atoms with Crippen LogP contribution in [0.4, 0.5) is 26.3 Å². The first-order chi connectivity index (χ1) is 18.3. The van der Waals surface area contributed by atoms with Crippen LogP contribution in [0.15, 0.2) is 48.2 Å². The number of carbonyl (C=O) groups excluding carboxylic acids is 2. The minimum Gasteiger partial charge on any atom is -0.494 e. The molecule has 0 spiro atoms. The van der Waals surface area contributed by atoms with Crippen LogP contribution in [0.2, 0.25) is 0 Å². The molecule has 0 aliphatic carbocycles. The summed E-state index contributed by atoms with van der Waals surface area (Å²) >= 11 is 0. The van der Waals surface area contributed by atoms with Gasteiger partial charge in [0.25, 0.3) is 0 Å². The molecule has 1 atom stereocenters. The number of nitrogens with zero attached hydrogens (tertiary/aromatic N) is 2.